The predicted molar refractivity (Wildman–Crippen MR) is 63.7 cm³/mol. The van der Waals surface area contributed by atoms with Gasteiger partial charge in [-0.25, -0.2) is 0 Å². The maximum Gasteiger partial charge on any atom is 0.0981 e. The van der Waals surface area contributed by atoms with Crippen LogP contribution < -0.4 is 0 Å². The fourth-order valence-electron chi connectivity index (χ4n) is 3.57. The van der Waals surface area contributed by atoms with Crippen LogP contribution in [0, 0.1) is 13.8 Å². The van der Waals surface area contributed by atoms with Crippen LogP contribution in [0.5, 0.6) is 0 Å². The van der Waals surface area contributed by atoms with Gasteiger partial charge < -0.3 is 9.84 Å². The number of aromatic nitrogens is 2. The predicted octanol–water partition coefficient (Wildman–Crippen LogP) is 1.57. The highest BCUT2D eigenvalue weighted by Gasteiger charge is 2.46. The first-order chi connectivity index (χ1) is 7.99. The molecule has 2 fully saturated rings. The van der Waals surface area contributed by atoms with Gasteiger partial charge in [0.15, 0.2) is 0 Å². The van der Waals surface area contributed by atoms with E-state index in [1.165, 1.54) is 0 Å². The van der Waals surface area contributed by atoms with Crippen molar-refractivity contribution in [3.8, 4) is 0 Å². The van der Waals surface area contributed by atoms with E-state index in [0.717, 1.165) is 42.6 Å². The minimum absolute atomic E-state index is 0.234. The van der Waals surface area contributed by atoms with E-state index in [9.17, 15) is 5.11 Å². The number of fused-ring (bicyclic) bond motifs is 2. The molecule has 2 bridgehead atoms. The molecule has 3 rings (SSSR count). The second-order valence-corrected chi connectivity index (χ2v) is 5.57. The van der Waals surface area contributed by atoms with Gasteiger partial charge in [-0.15, -0.1) is 0 Å². The van der Waals surface area contributed by atoms with E-state index in [4.69, 9.17) is 4.74 Å². The first kappa shape index (κ1) is 11.2. The normalized spacial score (nSPS) is 36.5. The van der Waals surface area contributed by atoms with E-state index in [1.54, 1.807) is 0 Å². The molecule has 4 nitrogen and oxygen atoms in total. The van der Waals surface area contributed by atoms with Crippen LogP contribution >= 0.6 is 0 Å². The molecule has 2 aliphatic rings. The molecule has 1 aromatic rings. The molecule has 4 heteroatoms. The summed E-state index contributed by atoms with van der Waals surface area (Å²) >= 11 is 0. The second-order valence-electron chi connectivity index (χ2n) is 5.57. The van der Waals surface area contributed by atoms with E-state index in [0.29, 0.717) is 0 Å². The van der Waals surface area contributed by atoms with Gasteiger partial charge in [0.1, 0.15) is 0 Å². The largest absolute Gasteiger partial charge is 0.385 e. The summed E-state index contributed by atoms with van der Waals surface area (Å²) in [5, 5.41) is 15.4. The maximum absolute atomic E-state index is 11.0. The lowest BCUT2D eigenvalue weighted by atomic mass is 9.82. The van der Waals surface area contributed by atoms with Crippen LogP contribution in [0.25, 0.3) is 0 Å². The SMILES string of the molecule is Cc1nn(C)c(C)c1C1(O)CC2CCC(C1)O2. The van der Waals surface area contributed by atoms with Crippen molar-refractivity contribution in [2.45, 2.75) is 57.3 Å². The monoisotopic (exact) mass is 236 g/mol. The Labute approximate surface area is 102 Å². The van der Waals surface area contributed by atoms with Crippen LogP contribution in [-0.2, 0) is 17.4 Å². The minimum Gasteiger partial charge on any atom is -0.385 e. The molecule has 94 valence electrons. The summed E-state index contributed by atoms with van der Waals surface area (Å²) in [6.45, 7) is 4.02. The Morgan fingerprint density at radius 3 is 2.35 bits per heavy atom. The van der Waals surface area contributed by atoms with E-state index < -0.39 is 5.60 Å². The molecule has 3 heterocycles. The third-order valence-corrected chi connectivity index (χ3v) is 4.30. The first-order valence-electron chi connectivity index (χ1n) is 6.38. The van der Waals surface area contributed by atoms with Gasteiger partial charge in [-0.05, 0) is 26.7 Å². The van der Waals surface area contributed by atoms with Crippen LogP contribution in [0.15, 0.2) is 0 Å². The van der Waals surface area contributed by atoms with Gasteiger partial charge >= 0.3 is 0 Å². The van der Waals surface area contributed by atoms with Crippen molar-refractivity contribution >= 4 is 0 Å². The lowest BCUT2D eigenvalue weighted by Gasteiger charge is -2.37. The Bertz CT molecular complexity index is 441. The fraction of sp³-hybridized carbons (Fsp3) is 0.769. The number of rotatable bonds is 1. The van der Waals surface area contributed by atoms with Crippen molar-refractivity contribution in [2.24, 2.45) is 7.05 Å². The lowest BCUT2D eigenvalue weighted by Crippen LogP contribution is -2.39. The summed E-state index contributed by atoms with van der Waals surface area (Å²) in [5.74, 6) is 0. The summed E-state index contributed by atoms with van der Waals surface area (Å²) in [7, 11) is 1.93. The van der Waals surface area contributed by atoms with Crippen molar-refractivity contribution in [1.82, 2.24) is 9.78 Å². The van der Waals surface area contributed by atoms with Gasteiger partial charge in [-0.2, -0.15) is 5.10 Å². The Balaban J connectivity index is 2.02. The first-order valence-corrected chi connectivity index (χ1v) is 6.38. The van der Waals surface area contributed by atoms with E-state index in [2.05, 4.69) is 5.10 Å². The van der Waals surface area contributed by atoms with E-state index >= 15 is 0 Å². The molecule has 2 saturated heterocycles. The second kappa shape index (κ2) is 3.56. The average Bonchev–Trinajstić information content (AvgIpc) is 2.69. The molecule has 2 aliphatic heterocycles. The summed E-state index contributed by atoms with van der Waals surface area (Å²) in [6, 6.07) is 0. The molecule has 1 aromatic heterocycles. The smallest absolute Gasteiger partial charge is 0.0981 e. The van der Waals surface area contributed by atoms with Crippen LogP contribution in [0.1, 0.15) is 42.6 Å². The lowest BCUT2D eigenvalue weighted by molar-refractivity contribution is -0.116. The van der Waals surface area contributed by atoms with Crippen molar-refractivity contribution < 1.29 is 9.84 Å². The van der Waals surface area contributed by atoms with Crippen LogP contribution in [-0.4, -0.2) is 27.1 Å². The van der Waals surface area contributed by atoms with Gasteiger partial charge in [-0.3, -0.25) is 4.68 Å². The van der Waals surface area contributed by atoms with Gasteiger partial charge in [0, 0.05) is 31.1 Å². The molecule has 0 radical (unpaired) electrons. The molecule has 2 unspecified atom stereocenters. The van der Waals surface area contributed by atoms with Crippen molar-refractivity contribution in [3.05, 3.63) is 17.0 Å². The topological polar surface area (TPSA) is 47.3 Å². The highest BCUT2D eigenvalue weighted by atomic mass is 16.5. The molecule has 1 N–H and O–H groups in total. The molecule has 0 amide bonds. The highest BCUT2D eigenvalue weighted by Crippen LogP contribution is 2.45. The minimum atomic E-state index is -0.730. The molecule has 0 saturated carbocycles. The van der Waals surface area contributed by atoms with Gasteiger partial charge in [0.05, 0.1) is 23.5 Å². The van der Waals surface area contributed by atoms with Crippen LogP contribution in [0.4, 0.5) is 0 Å². The molecular weight excluding hydrogens is 216 g/mol. The Hall–Kier alpha value is -0.870. The molecular formula is C13H20N2O2. The van der Waals surface area contributed by atoms with Crippen LogP contribution in [0.2, 0.25) is 0 Å². The number of nitrogens with zero attached hydrogens (tertiary/aromatic N) is 2. The zero-order valence-electron chi connectivity index (χ0n) is 10.7. The number of ether oxygens (including phenoxy) is 1. The van der Waals surface area contributed by atoms with Crippen molar-refractivity contribution in [2.75, 3.05) is 0 Å². The number of hydrogen-bond donors (Lipinski definition) is 1. The quantitative estimate of drug-likeness (QED) is 0.805. The van der Waals surface area contributed by atoms with Gasteiger partial charge in [0.25, 0.3) is 0 Å². The highest BCUT2D eigenvalue weighted by molar-refractivity contribution is 5.32. The fourth-order valence-corrected chi connectivity index (χ4v) is 3.57. The number of aliphatic hydroxyl groups is 1. The summed E-state index contributed by atoms with van der Waals surface area (Å²) in [4.78, 5) is 0. The third-order valence-electron chi connectivity index (χ3n) is 4.30. The Morgan fingerprint density at radius 2 is 1.88 bits per heavy atom. The third kappa shape index (κ3) is 1.62. The average molecular weight is 236 g/mol. The van der Waals surface area contributed by atoms with Gasteiger partial charge in [-0.1, -0.05) is 0 Å². The molecule has 0 aliphatic carbocycles. The molecule has 17 heavy (non-hydrogen) atoms. The summed E-state index contributed by atoms with van der Waals surface area (Å²) < 4.78 is 7.67. The van der Waals surface area contributed by atoms with E-state index in [-0.39, 0.29) is 12.2 Å². The maximum atomic E-state index is 11.0. The Kier molecular flexibility index (Phi) is 2.35. The Morgan fingerprint density at radius 1 is 1.29 bits per heavy atom. The summed E-state index contributed by atoms with van der Waals surface area (Å²) in [6.07, 6.45) is 4.08. The molecule has 2 atom stereocenters. The molecule has 0 aromatic carbocycles. The molecule has 0 spiro atoms. The summed E-state index contributed by atoms with van der Waals surface area (Å²) in [5.41, 5.74) is 2.33. The number of hydrogen-bond acceptors (Lipinski definition) is 3. The van der Waals surface area contributed by atoms with E-state index in [1.807, 2.05) is 25.6 Å². The van der Waals surface area contributed by atoms with Gasteiger partial charge in [0.2, 0.25) is 0 Å². The van der Waals surface area contributed by atoms with Crippen molar-refractivity contribution in [3.63, 3.8) is 0 Å². The zero-order valence-corrected chi connectivity index (χ0v) is 10.7. The number of aryl methyl sites for hydroxylation is 2. The zero-order chi connectivity index (χ0) is 12.2. The van der Waals surface area contributed by atoms with Crippen molar-refractivity contribution in [1.29, 1.82) is 0 Å². The van der Waals surface area contributed by atoms with Crippen LogP contribution in [0.3, 0.4) is 0 Å². The standard InChI is InChI=1S/C13H20N2O2/c1-8-12(9(2)15(3)14-8)13(16)6-10-4-5-11(7-13)17-10/h10-11,16H,4-7H2,1-3H3.